The van der Waals surface area contributed by atoms with Gasteiger partial charge in [0.15, 0.2) is 6.54 Å². The Bertz CT molecular complexity index is 120. The van der Waals surface area contributed by atoms with Gasteiger partial charge < -0.3 is 0 Å². The molecule has 1 heterocycles. The molecule has 0 N–H and O–H groups in total. The van der Waals surface area contributed by atoms with E-state index in [1.165, 1.54) is 17.3 Å². The standard InChI is InChI=1S/C5H9NS2/c1-6-2-3-8-5(6)4-7/h2-4H2,1H3/p+1. The van der Waals surface area contributed by atoms with Gasteiger partial charge in [0.25, 0.3) is 0 Å². The van der Waals surface area contributed by atoms with Gasteiger partial charge in [0.2, 0.25) is 5.04 Å². The van der Waals surface area contributed by atoms with Crippen LogP contribution in [0.4, 0.5) is 0 Å². The van der Waals surface area contributed by atoms with Crippen LogP contribution in [0.5, 0.6) is 0 Å². The molecule has 3 heteroatoms. The molecule has 8 heavy (non-hydrogen) atoms. The highest BCUT2D eigenvalue weighted by molar-refractivity contribution is 8.14. The Kier molecular flexibility index (Phi) is 2.26. The van der Waals surface area contributed by atoms with E-state index in [1.807, 2.05) is 11.8 Å². The predicted molar refractivity (Wildman–Crippen MR) is 42.4 cm³/mol. The van der Waals surface area contributed by atoms with E-state index in [1.54, 1.807) is 0 Å². The molecule has 0 amide bonds. The lowest BCUT2D eigenvalue weighted by Crippen LogP contribution is -2.09. The minimum Gasteiger partial charge on any atom is -0.229 e. The monoisotopic (exact) mass is 148 g/mol. The summed E-state index contributed by atoms with van der Waals surface area (Å²) in [5.74, 6) is 2.15. The van der Waals surface area contributed by atoms with Crippen molar-refractivity contribution in [3.8, 4) is 0 Å². The van der Waals surface area contributed by atoms with Crippen molar-refractivity contribution < 1.29 is 4.58 Å². The van der Waals surface area contributed by atoms with Crippen molar-refractivity contribution in [2.45, 2.75) is 0 Å². The van der Waals surface area contributed by atoms with E-state index in [9.17, 15) is 0 Å². The van der Waals surface area contributed by atoms with Crippen molar-refractivity contribution in [1.82, 2.24) is 0 Å². The van der Waals surface area contributed by atoms with Gasteiger partial charge in [-0.1, -0.05) is 11.8 Å². The van der Waals surface area contributed by atoms with Gasteiger partial charge in [-0.25, -0.2) is 4.58 Å². The fourth-order valence-corrected chi connectivity index (χ4v) is 2.22. The molecule has 0 saturated heterocycles. The molecule has 0 spiro atoms. The molecule has 0 radical (unpaired) electrons. The third-order valence-electron chi connectivity index (χ3n) is 1.26. The van der Waals surface area contributed by atoms with Gasteiger partial charge in [-0.15, -0.1) is 0 Å². The zero-order valence-electron chi connectivity index (χ0n) is 4.92. The molecule has 0 aromatic heterocycles. The minimum atomic E-state index is 0.904. The Morgan fingerprint density at radius 2 is 2.62 bits per heavy atom. The Hall–Kier alpha value is 0.370. The van der Waals surface area contributed by atoms with Crippen LogP contribution in [0.1, 0.15) is 0 Å². The van der Waals surface area contributed by atoms with Crippen LogP contribution in [-0.2, 0) is 0 Å². The van der Waals surface area contributed by atoms with Crippen LogP contribution < -0.4 is 0 Å². The number of rotatable bonds is 1. The molecule has 46 valence electrons. The van der Waals surface area contributed by atoms with Crippen LogP contribution in [0.2, 0.25) is 0 Å². The molecule has 1 aliphatic rings. The second kappa shape index (κ2) is 2.78. The van der Waals surface area contributed by atoms with Crippen LogP contribution >= 0.6 is 24.4 Å². The highest BCUT2D eigenvalue weighted by Gasteiger charge is 2.16. The van der Waals surface area contributed by atoms with Crippen molar-refractivity contribution >= 4 is 29.4 Å². The van der Waals surface area contributed by atoms with Crippen molar-refractivity contribution in [3.05, 3.63) is 0 Å². The summed E-state index contributed by atoms with van der Waals surface area (Å²) in [4.78, 5) is 0. The maximum atomic E-state index is 4.18. The average Bonchev–Trinajstić information content (AvgIpc) is 2.14. The zero-order valence-corrected chi connectivity index (χ0v) is 6.63. The molecule has 0 aromatic carbocycles. The minimum absolute atomic E-state index is 0.904. The molecule has 1 rings (SSSR count). The summed E-state index contributed by atoms with van der Waals surface area (Å²) < 4.78 is 2.26. The number of hydrogen-bond donors (Lipinski definition) is 1. The Morgan fingerprint density at radius 1 is 1.88 bits per heavy atom. The summed E-state index contributed by atoms with van der Waals surface area (Å²) in [5, 5.41) is 1.41. The van der Waals surface area contributed by atoms with Crippen LogP contribution in [0.25, 0.3) is 0 Å². The smallest absolute Gasteiger partial charge is 0.220 e. The molecule has 1 aliphatic heterocycles. The van der Waals surface area contributed by atoms with Crippen molar-refractivity contribution in [2.75, 3.05) is 25.1 Å². The van der Waals surface area contributed by atoms with E-state index >= 15 is 0 Å². The third-order valence-corrected chi connectivity index (χ3v) is 2.95. The normalized spacial score (nSPS) is 20.2. The Morgan fingerprint density at radius 3 is 2.88 bits per heavy atom. The van der Waals surface area contributed by atoms with Gasteiger partial charge >= 0.3 is 0 Å². The van der Waals surface area contributed by atoms with E-state index in [2.05, 4.69) is 24.3 Å². The first-order chi connectivity index (χ1) is 3.84. The van der Waals surface area contributed by atoms with E-state index in [0.717, 1.165) is 5.75 Å². The van der Waals surface area contributed by atoms with Gasteiger partial charge in [-0.2, -0.15) is 12.6 Å². The van der Waals surface area contributed by atoms with Crippen molar-refractivity contribution in [1.29, 1.82) is 0 Å². The topological polar surface area (TPSA) is 3.01 Å². The van der Waals surface area contributed by atoms with Gasteiger partial charge in [0.05, 0.1) is 11.5 Å². The quantitative estimate of drug-likeness (QED) is 0.423. The summed E-state index contributed by atoms with van der Waals surface area (Å²) in [6.07, 6.45) is 0. The van der Waals surface area contributed by atoms with E-state index in [4.69, 9.17) is 0 Å². The molecule has 1 nitrogen and oxygen atoms in total. The Labute approximate surface area is 59.6 Å². The molecular formula is C5H10NS2+. The summed E-state index contributed by atoms with van der Waals surface area (Å²) in [5.41, 5.74) is 0. The first-order valence-electron chi connectivity index (χ1n) is 2.65. The Balaban J connectivity index is 2.58. The first kappa shape index (κ1) is 6.49. The molecule has 0 aliphatic carbocycles. The summed E-state index contributed by atoms with van der Waals surface area (Å²) in [6, 6.07) is 0. The number of nitrogens with zero attached hydrogens (tertiary/aromatic N) is 1. The van der Waals surface area contributed by atoms with Crippen LogP contribution in [-0.4, -0.2) is 34.7 Å². The summed E-state index contributed by atoms with van der Waals surface area (Å²) in [6.45, 7) is 1.20. The lowest BCUT2D eigenvalue weighted by Gasteiger charge is -1.86. The molecule has 0 atom stereocenters. The molecule has 0 bridgehead atoms. The van der Waals surface area contributed by atoms with Crippen LogP contribution in [0.3, 0.4) is 0 Å². The first-order valence-corrected chi connectivity index (χ1v) is 4.27. The third kappa shape index (κ3) is 1.20. The SMILES string of the molecule is C[N+]1=C(CS)SCC1. The van der Waals surface area contributed by atoms with E-state index in [-0.39, 0.29) is 0 Å². The lowest BCUT2D eigenvalue weighted by atomic mass is 10.7. The molecule has 0 saturated carbocycles. The molecule has 0 aromatic rings. The second-order valence-corrected chi connectivity index (χ2v) is 3.31. The fraction of sp³-hybridized carbons (Fsp3) is 0.800. The average molecular weight is 148 g/mol. The van der Waals surface area contributed by atoms with Gasteiger partial charge in [-0.3, -0.25) is 0 Å². The van der Waals surface area contributed by atoms with Gasteiger partial charge in [0.1, 0.15) is 7.05 Å². The number of hydrogen-bond acceptors (Lipinski definition) is 2. The maximum absolute atomic E-state index is 4.18. The van der Waals surface area contributed by atoms with Crippen LogP contribution in [0.15, 0.2) is 0 Å². The van der Waals surface area contributed by atoms with E-state index < -0.39 is 0 Å². The maximum Gasteiger partial charge on any atom is 0.220 e. The van der Waals surface area contributed by atoms with E-state index in [0.29, 0.717) is 0 Å². The summed E-state index contributed by atoms with van der Waals surface area (Å²) >= 11 is 6.09. The second-order valence-electron chi connectivity index (χ2n) is 1.82. The van der Waals surface area contributed by atoms with Gasteiger partial charge in [0, 0.05) is 0 Å². The largest absolute Gasteiger partial charge is 0.229 e. The van der Waals surface area contributed by atoms with Gasteiger partial charge in [-0.05, 0) is 0 Å². The highest BCUT2D eigenvalue weighted by atomic mass is 32.2. The van der Waals surface area contributed by atoms with Crippen LogP contribution in [0, 0.1) is 0 Å². The fourth-order valence-electron chi connectivity index (χ4n) is 0.702. The predicted octanol–water partition coefficient (Wildman–Crippen LogP) is 0.704. The summed E-state index contributed by atoms with van der Waals surface area (Å²) in [7, 11) is 2.12. The zero-order chi connectivity index (χ0) is 5.98. The highest BCUT2D eigenvalue weighted by Crippen LogP contribution is 2.10. The molecular weight excluding hydrogens is 138 g/mol. The lowest BCUT2D eigenvalue weighted by molar-refractivity contribution is -0.486. The molecule has 0 fully saturated rings. The number of thioether (sulfide) groups is 1. The molecule has 0 unspecified atom stereocenters. The van der Waals surface area contributed by atoms with Crippen molar-refractivity contribution in [3.63, 3.8) is 0 Å². The number of thiol groups is 1. The van der Waals surface area contributed by atoms with Crippen molar-refractivity contribution in [2.24, 2.45) is 0 Å².